The van der Waals surface area contributed by atoms with E-state index in [0.29, 0.717) is 28.1 Å². The third kappa shape index (κ3) is 2.66. The second-order valence-corrected chi connectivity index (χ2v) is 7.21. The van der Waals surface area contributed by atoms with Crippen LogP contribution in [-0.4, -0.2) is 38.4 Å². The Labute approximate surface area is 145 Å². The summed E-state index contributed by atoms with van der Waals surface area (Å²) in [7, 11) is 0. The number of hydrogen-bond acceptors (Lipinski definition) is 5. The van der Waals surface area contributed by atoms with Crippen LogP contribution in [0.25, 0.3) is 5.82 Å². The number of carbonyl (C=O) groups excluding carboxylic acids is 1. The predicted molar refractivity (Wildman–Crippen MR) is 88.0 cm³/mol. The number of amides is 1. The standard InChI is InChI=1S/C17H21N5O3/c1-9(2)13(8-23)19-17(24)15-12-6-10-5-11(10)16(12)22(20-15)14-7-21(25)4-3-18-14/h3-4,7,9-11,13,23H,5-6,8H2,1-2H3,(H,19,24)/t10-,11-,13-/m1/s1. The van der Waals surface area contributed by atoms with Gasteiger partial charge in [-0.25, -0.2) is 9.67 Å². The van der Waals surface area contributed by atoms with Gasteiger partial charge in [-0.1, -0.05) is 13.8 Å². The molecule has 1 amide bonds. The largest absolute Gasteiger partial charge is 0.619 e. The van der Waals surface area contributed by atoms with Gasteiger partial charge < -0.3 is 15.6 Å². The molecule has 8 nitrogen and oxygen atoms in total. The van der Waals surface area contributed by atoms with Gasteiger partial charge in [0, 0.05) is 11.5 Å². The molecule has 132 valence electrons. The molecule has 8 heteroatoms. The Morgan fingerprint density at radius 2 is 2.36 bits per heavy atom. The summed E-state index contributed by atoms with van der Waals surface area (Å²) in [6.45, 7) is 3.77. The zero-order valence-electron chi connectivity index (χ0n) is 14.2. The van der Waals surface area contributed by atoms with Crippen LogP contribution in [0.5, 0.6) is 0 Å². The van der Waals surface area contributed by atoms with Gasteiger partial charge in [-0.3, -0.25) is 4.79 Å². The molecule has 0 unspecified atom stereocenters. The van der Waals surface area contributed by atoms with E-state index in [0.717, 1.165) is 24.1 Å². The van der Waals surface area contributed by atoms with E-state index in [2.05, 4.69) is 15.4 Å². The first kappa shape index (κ1) is 16.0. The second-order valence-electron chi connectivity index (χ2n) is 7.21. The van der Waals surface area contributed by atoms with E-state index in [1.54, 1.807) is 4.68 Å². The summed E-state index contributed by atoms with van der Waals surface area (Å²) >= 11 is 0. The molecule has 2 aliphatic rings. The molecule has 0 saturated heterocycles. The number of carbonyl (C=O) groups is 1. The number of aliphatic hydroxyl groups is 1. The Morgan fingerprint density at radius 1 is 1.56 bits per heavy atom. The average Bonchev–Trinajstić information content (AvgIpc) is 3.08. The number of fused-ring (bicyclic) bond motifs is 3. The first-order valence-corrected chi connectivity index (χ1v) is 8.58. The summed E-state index contributed by atoms with van der Waals surface area (Å²) in [5, 5.41) is 28.4. The summed E-state index contributed by atoms with van der Waals surface area (Å²) in [5.74, 6) is 1.21. The zero-order valence-corrected chi connectivity index (χ0v) is 14.2. The Bertz CT molecular complexity index is 832. The van der Waals surface area contributed by atoms with Gasteiger partial charge >= 0.3 is 0 Å². The lowest BCUT2D eigenvalue weighted by Gasteiger charge is -2.19. The minimum absolute atomic E-state index is 0.117. The fourth-order valence-electron chi connectivity index (χ4n) is 3.61. The summed E-state index contributed by atoms with van der Waals surface area (Å²) < 4.78 is 2.32. The first-order valence-electron chi connectivity index (χ1n) is 8.58. The van der Waals surface area contributed by atoms with Crippen LogP contribution in [0.15, 0.2) is 18.6 Å². The van der Waals surface area contributed by atoms with E-state index in [1.165, 1.54) is 18.6 Å². The van der Waals surface area contributed by atoms with Gasteiger partial charge in [0.05, 0.1) is 24.5 Å². The fraction of sp³-hybridized carbons (Fsp3) is 0.529. The highest BCUT2D eigenvalue weighted by Crippen LogP contribution is 2.57. The summed E-state index contributed by atoms with van der Waals surface area (Å²) in [5.41, 5.74) is 2.32. The average molecular weight is 343 g/mol. The van der Waals surface area contributed by atoms with Gasteiger partial charge in [0.15, 0.2) is 11.9 Å². The highest BCUT2D eigenvalue weighted by Gasteiger charge is 2.50. The summed E-state index contributed by atoms with van der Waals surface area (Å²) in [4.78, 5) is 17.0. The van der Waals surface area contributed by atoms with Gasteiger partial charge in [-0.05, 0) is 24.7 Å². The molecule has 3 atom stereocenters. The normalized spacial score (nSPS) is 21.8. The van der Waals surface area contributed by atoms with E-state index in [-0.39, 0.29) is 24.5 Å². The van der Waals surface area contributed by atoms with E-state index in [9.17, 15) is 15.1 Å². The van der Waals surface area contributed by atoms with Crippen LogP contribution in [0.1, 0.15) is 47.9 Å². The fourth-order valence-corrected chi connectivity index (χ4v) is 3.61. The Hall–Kier alpha value is -2.48. The Morgan fingerprint density at radius 3 is 3.04 bits per heavy atom. The van der Waals surface area contributed by atoms with Gasteiger partial charge in [0.2, 0.25) is 12.0 Å². The van der Waals surface area contributed by atoms with E-state index < -0.39 is 0 Å². The maximum absolute atomic E-state index is 12.7. The highest BCUT2D eigenvalue weighted by atomic mass is 16.5. The molecule has 2 N–H and O–H groups in total. The first-order chi connectivity index (χ1) is 12.0. The number of aromatic nitrogens is 4. The van der Waals surface area contributed by atoms with Gasteiger partial charge in [0.25, 0.3) is 5.91 Å². The molecular formula is C17H21N5O3. The zero-order chi connectivity index (χ0) is 17.7. The number of nitrogens with one attached hydrogen (secondary N) is 1. The number of rotatable bonds is 5. The smallest absolute Gasteiger partial charge is 0.272 e. The van der Waals surface area contributed by atoms with E-state index >= 15 is 0 Å². The van der Waals surface area contributed by atoms with Crippen molar-refractivity contribution in [3.8, 4) is 5.82 Å². The molecule has 0 radical (unpaired) electrons. The van der Waals surface area contributed by atoms with Crippen molar-refractivity contribution in [2.75, 3.05) is 6.61 Å². The lowest BCUT2D eigenvalue weighted by Crippen LogP contribution is -2.41. The second kappa shape index (κ2) is 5.80. The molecule has 0 aliphatic heterocycles. The molecular weight excluding hydrogens is 322 g/mol. The van der Waals surface area contributed by atoms with Crippen molar-refractivity contribution >= 4 is 5.91 Å². The molecule has 2 aliphatic carbocycles. The van der Waals surface area contributed by atoms with Crippen molar-refractivity contribution in [3.63, 3.8) is 0 Å². The molecule has 1 saturated carbocycles. The van der Waals surface area contributed by atoms with Crippen molar-refractivity contribution in [1.29, 1.82) is 0 Å². The van der Waals surface area contributed by atoms with Crippen LogP contribution in [0.2, 0.25) is 0 Å². The molecule has 25 heavy (non-hydrogen) atoms. The molecule has 4 rings (SSSR count). The molecule has 0 spiro atoms. The molecule has 1 fully saturated rings. The number of nitrogens with zero attached hydrogens (tertiary/aromatic N) is 4. The van der Waals surface area contributed by atoms with E-state index in [4.69, 9.17) is 0 Å². The molecule has 2 aromatic rings. The van der Waals surface area contributed by atoms with Crippen molar-refractivity contribution in [3.05, 3.63) is 40.7 Å². The maximum atomic E-state index is 12.7. The van der Waals surface area contributed by atoms with Crippen LogP contribution in [0.4, 0.5) is 0 Å². The van der Waals surface area contributed by atoms with Crippen molar-refractivity contribution < 1.29 is 14.6 Å². The topological polar surface area (TPSA) is 107 Å². The van der Waals surface area contributed by atoms with Crippen molar-refractivity contribution in [2.45, 2.75) is 38.6 Å². The minimum Gasteiger partial charge on any atom is -0.619 e. The van der Waals surface area contributed by atoms with Crippen LogP contribution in [0, 0.1) is 17.0 Å². The van der Waals surface area contributed by atoms with Crippen LogP contribution in [0.3, 0.4) is 0 Å². The molecule has 0 aromatic carbocycles. The summed E-state index contributed by atoms with van der Waals surface area (Å²) in [6.07, 6.45) is 6.02. The third-order valence-corrected chi connectivity index (χ3v) is 5.18. The SMILES string of the molecule is CC(C)[C@@H](CO)NC(=O)c1nn(-c2c[n+]([O-])ccn2)c2c1C[C@H]1C[C@@H]21. The third-order valence-electron chi connectivity index (χ3n) is 5.18. The predicted octanol–water partition coefficient (Wildman–Crippen LogP) is 0.307. The number of hydrogen-bond donors (Lipinski definition) is 2. The van der Waals surface area contributed by atoms with Crippen LogP contribution in [-0.2, 0) is 6.42 Å². The van der Waals surface area contributed by atoms with Crippen molar-refractivity contribution in [2.24, 2.45) is 11.8 Å². The molecule has 0 bridgehead atoms. The number of aliphatic hydroxyl groups excluding tert-OH is 1. The lowest BCUT2D eigenvalue weighted by atomic mass is 10.0. The molecule has 2 heterocycles. The maximum Gasteiger partial charge on any atom is 0.272 e. The minimum atomic E-state index is -0.317. The van der Waals surface area contributed by atoms with E-state index in [1.807, 2.05) is 13.8 Å². The molecule has 2 aromatic heterocycles. The van der Waals surface area contributed by atoms with Crippen LogP contribution >= 0.6 is 0 Å². The summed E-state index contributed by atoms with van der Waals surface area (Å²) in [6, 6.07) is -0.317. The van der Waals surface area contributed by atoms with Crippen LogP contribution < -0.4 is 10.0 Å². The Kier molecular flexibility index (Phi) is 3.72. The monoisotopic (exact) mass is 343 g/mol. The quantitative estimate of drug-likeness (QED) is 0.600. The van der Waals surface area contributed by atoms with Gasteiger partial charge in [0.1, 0.15) is 0 Å². The van der Waals surface area contributed by atoms with Gasteiger partial charge in [-0.2, -0.15) is 9.83 Å². The Balaban J connectivity index is 1.72. The highest BCUT2D eigenvalue weighted by molar-refractivity contribution is 5.94. The lowest BCUT2D eigenvalue weighted by molar-refractivity contribution is -0.605. The van der Waals surface area contributed by atoms with Gasteiger partial charge in [-0.15, -0.1) is 0 Å². The van der Waals surface area contributed by atoms with Crippen molar-refractivity contribution in [1.82, 2.24) is 20.1 Å².